The molecule has 2 aromatic rings. The van der Waals surface area contributed by atoms with Crippen molar-refractivity contribution in [3.05, 3.63) is 54.1 Å². The highest BCUT2D eigenvalue weighted by atomic mass is 32.2. The number of ether oxygens (including phenoxy) is 2. The molecule has 1 N–H and O–H groups in total. The molecule has 0 saturated heterocycles. The summed E-state index contributed by atoms with van der Waals surface area (Å²) < 4.78 is 10.1. The normalized spacial score (nSPS) is 10.2. The van der Waals surface area contributed by atoms with E-state index in [2.05, 4.69) is 10.1 Å². The maximum absolute atomic E-state index is 12.5. The Morgan fingerprint density at radius 3 is 2.68 bits per heavy atom. The van der Waals surface area contributed by atoms with Gasteiger partial charge in [0.15, 0.2) is 0 Å². The number of thioether (sulfide) groups is 1. The Bertz CT molecular complexity index is 733. The van der Waals surface area contributed by atoms with Crippen LogP contribution in [0.2, 0.25) is 0 Å². The van der Waals surface area contributed by atoms with Crippen LogP contribution in [-0.4, -0.2) is 31.3 Å². The van der Waals surface area contributed by atoms with Gasteiger partial charge in [-0.05, 0) is 37.3 Å². The zero-order valence-corrected chi connectivity index (χ0v) is 15.1. The first-order valence-corrected chi connectivity index (χ1v) is 8.95. The van der Waals surface area contributed by atoms with Crippen molar-refractivity contribution in [2.24, 2.45) is 0 Å². The van der Waals surface area contributed by atoms with Crippen LogP contribution in [0.25, 0.3) is 0 Å². The van der Waals surface area contributed by atoms with Gasteiger partial charge < -0.3 is 14.8 Å². The van der Waals surface area contributed by atoms with Gasteiger partial charge in [0.25, 0.3) is 5.91 Å². The molecule has 6 heteroatoms. The highest BCUT2D eigenvalue weighted by Crippen LogP contribution is 2.24. The summed E-state index contributed by atoms with van der Waals surface area (Å²) in [5.41, 5.74) is 1.19. The Kier molecular flexibility index (Phi) is 7.35. The molecule has 0 radical (unpaired) electrons. The third kappa shape index (κ3) is 5.83. The molecule has 0 aromatic heterocycles. The van der Waals surface area contributed by atoms with Crippen LogP contribution in [0, 0.1) is 0 Å². The van der Waals surface area contributed by atoms with Gasteiger partial charge in [0.1, 0.15) is 5.75 Å². The number of para-hydroxylation sites is 1. The number of esters is 1. The van der Waals surface area contributed by atoms with Gasteiger partial charge in [-0.2, -0.15) is 0 Å². The van der Waals surface area contributed by atoms with Crippen molar-refractivity contribution in [2.45, 2.75) is 18.2 Å². The van der Waals surface area contributed by atoms with Crippen LogP contribution in [-0.2, 0) is 9.53 Å². The van der Waals surface area contributed by atoms with Gasteiger partial charge >= 0.3 is 5.97 Å². The third-order valence-electron chi connectivity index (χ3n) is 3.33. The first-order valence-electron chi connectivity index (χ1n) is 7.97. The highest BCUT2D eigenvalue weighted by molar-refractivity contribution is 7.99. The van der Waals surface area contributed by atoms with E-state index >= 15 is 0 Å². The smallest absolute Gasteiger partial charge is 0.306 e. The number of nitrogens with one attached hydrogen (secondary N) is 1. The van der Waals surface area contributed by atoms with E-state index in [1.54, 1.807) is 18.2 Å². The molecule has 0 saturated carbocycles. The van der Waals surface area contributed by atoms with E-state index in [9.17, 15) is 9.59 Å². The fourth-order valence-corrected chi connectivity index (χ4v) is 3.04. The summed E-state index contributed by atoms with van der Waals surface area (Å²) in [5, 5.41) is 2.88. The molecule has 2 rings (SSSR count). The number of methoxy groups -OCH3 is 1. The van der Waals surface area contributed by atoms with E-state index in [1.165, 1.54) is 18.9 Å². The summed E-state index contributed by atoms with van der Waals surface area (Å²) in [6.45, 7) is 2.38. The van der Waals surface area contributed by atoms with Gasteiger partial charge in [-0.1, -0.05) is 18.2 Å². The van der Waals surface area contributed by atoms with Crippen LogP contribution >= 0.6 is 11.8 Å². The topological polar surface area (TPSA) is 64.6 Å². The minimum atomic E-state index is -0.232. The summed E-state index contributed by atoms with van der Waals surface area (Å²) >= 11 is 1.54. The quantitative estimate of drug-likeness (QED) is 0.570. The van der Waals surface area contributed by atoms with Crippen LogP contribution in [0.4, 0.5) is 5.69 Å². The average molecular weight is 359 g/mol. The first-order chi connectivity index (χ1) is 12.1. The number of amides is 1. The molecule has 0 heterocycles. The summed E-state index contributed by atoms with van der Waals surface area (Å²) in [6, 6.07) is 14.6. The second-order valence-electron chi connectivity index (χ2n) is 5.09. The van der Waals surface area contributed by atoms with Gasteiger partial charge in [-0.3, -0.25) is 9.59 Å². The highest BCUT2D eigenvalue weighted by Gasteiger charge is 2.12. The third-order valence-corrected chi connectivity index (χ3v) is 4.32. The second-order valence-corrected chi connectivity index (χ2v) is 6.25. The predicted octanol–water partition coefficient (Wildman–Crippen LogP) is 3.99. The SMILES string of the molecule is CCOc1ccccc1C(=O)Nc1cccc(SCCC(=O)OC)c1. The van der Waals surface area contributed by atoms with Crippen LogP contribution in [0.3, 0.4) is 0 Å². The Labute approximate surface area is 151 Å². The minimum Gasteiger partial charge on any atom is -0.493 e. The second kappa shape index (κ2) is 9.74. The number of hydrogen-bond acceptors (Lipinski definition) is 5. The number of anilines is 1. The van der Waals surface area contributed by atoms with Crippen molar-refractivity contribution in [3.8, 4) is 5.75 Å². The van der Waals surface area contributed by atoms with Gasteiger partial charge in [0.2, 0.25) is 0 Å². The van der Waals surface area contributed by atoms with E-state index in [0.717, 1.165) is 4.90 Å². The Balaban J connectivity index is 2.02. The molecule has 0 aliphatic heterocycles. The molecule has 2 aromatic carbocycles. The summed E-state index contributed by atoms with van der Waals surface area (Å²) in [5.74, 6) is 0.730. The van der Waals surface area contributed by atoms with Crippen molar-refractivity contribution < 1.29 is 19.1 Å². The lowest BCUT2D eigenvalue weighted by Crippen LogP contribution is -2.13. The number of benzene rings is 2. The number of rotatable bonds is 8. The van der Waals surface area contributed by atoms with Crippen molar-refractivity contribution in [1.29, 1.82) is 0 Å². The Morgan fingerprint density at radius 2 is 1.92 bits per heavy atom. The Morgan fingerprint density at radius 1 is 1.12 bits per heavy atom. The minimum absolute atomic E-state index is 0.222. The molecule has 0 aliphatic rings. The molecule has 0 spiro atoms. The molecule has 5 nitrogen and oxygen atoms in total. The van der Waals surface area contributed by atoms with E-state index in [-0.39, 0.29) is 11.9 Å². The van der Waals surface area contributed by atoms with E-state index in [0.29, 0.717) is 35.8 Å². The van der Waals surface area contributed by atoms with Crippen LogP contribution in [0.1, 0.15) is 23.7 Å². The van der Waals surface area contributed by atoms with E-state index in [1.807, 2.05) is 37.3 Å². The van der Waals surface area contributed by atoms with Crippen LogP contribution < -0.4 is 10.1 Å². The largest absolute Gasteiger partial charge is 0.493 e. The fraction of sp³-hybridized carbons (Fsp3) is 0.263. The van der Waals surface area contributed by atoms with E-state index in [4.69, 9.17) is 4.74 Å². The molecule has 0 unspecified atom stereocenters. The zero-order valence-electron chi connectivity index (χ0n) is 14.3. The van der Waals surface area contributed by atoms with Gasteiger partial charge in [-0.25, -0.2) is 0 Å². The molecule has 0 atom stereocenters. The van der Waals surface area contributed by atoms with Crippen molar-refractivity contribution in [2.75, 3.05) is 24.8 Å². The van der Waals surface area contributed by atoms with Crippen molar-refractivity contribution in [1.82, 2.24) is 0 Å². The molecule has 0 aliphatic carbocycles. The zero-order chi connectivity index (χ0) is 18.1. The molecule has 1 amide bonds. The van der Waals surface area contributed by atoms with Gasteiger partial charge in [-0.15, -0.1) is 11.8 Å². The molecule has 25 heavy (non-hydrogen) atoms. The lowest BCUT2D eigenvalue weighted by Gasteiger charge is -2.11. The standard InChI is InChI=1S/C19H21NO4S/c1-3-24-17-10-5-4-9-16(17)19(22)20-14-7-6-8-15(13-14)25-12-11-18(21)23-2/h4-10,13H,3,11-12H2,1-2H3,(H,20,22). The molecular weight excluding hydrogens is 338 g/mol. The molecular formula is C19H21NO4S. The summed E-state index contributed by atoms with van der Waals surface area (Å²) in [7, 11) is 1.38. The number of hydrogen-bond donors (Lipinski definition) is 1. The van der Waals surface area contributed by atoms with E-state index < -0.39 is 0 Å². The van der Waals surface area contributed by atoms with Gasteiger partial charge in [0, 0.05) is 16.3 Å². The number of carbonyl (C=O) groups is 2. The van der Waals surface area contributed by atoms with Crippen molar-refractivity contribution >= 4 is 29.3 Å². The lowest BCUT2D eigenvalue weighted by molar-refractivity contribution is -0.140. The maximum atomic E-state index is 12.5. The number of carbonyl (C=O) groups excluding carboxylic acids is 2. The molecule has 0 bridgehead atoms. The lowest BCUT2D eigenvalue weighted by atomic mass is 10.2. The summed E-state index contributed by atoms with van der Waals surface area (Å²) in [4.78, 5) is 24.6. The average Bonchev–Trinajstić information content (AvgIpc) is 2.62. The van der Waals surface area contributed by atoms with Gasteiger partial charge in [0.05, 0.1) is 25.7 Å². The first kappa shape index (κ1) is 18.9. The molecule has 132 valence electrons. The van der Waals surface area contributed by atoms with Crippen molar-refractivity contribution in [3.63, 3.8) is 0 Å². The predicted molar refractivity (Wildman–Crippen MR) is 99.4 cm³/mol. The molecule has 0 fully saturated rings. The monoisotopic (exact) mass is 359 g/mol. The maximum Gasteiger partial charge on any atom is 0.306 e. The fourth-order valence-electron chi connectivity index (χ4n) is 2.15. The Hall–Kier alpha value is -2.47. The van der Waals surface area contributed by atoms with Crippen LogP contribution in [0.15, 0.2) is 53.4 Å². The summed E-state index contributed by atoms with van der Waals surface area (Å²) in [6.07, 6.45) is 0.347. The van der Waals surface area contributed by atoms with Crippen LogP contribution in [0.5, 0.6) is 5.75 Å².